The Morgan fingerprint density at radius 1 is 1.23 bits per heavy atom. The molecule has 1 aliphatic heterocycles. The molecule has 0 unspecified atom stereocenters. The lowest BCUT2D eigenvalue weighted by Crippen LogP contribution is -2.52. The minimum absolute atomic E-state index is 0.472. The molecule has 76 valence electrons. The molecule has 0 radical (unpaired) electrons. The molecule has 0 spiro atoms. The fourth-order valence-corrected chi connectivity index (χ4v) is 2.87. The summed E-state index contributed by atoms with van der Waals surface area (Å²) in [5.41, 5.74) is 0. The van der Waals surface area contributed by atoms with E-state index < -0.39 is 0 Å². The molecule has 1 N–H and O–H groups in total. The first-order valence-corrected chi connectivity index (χ1v) is 6.42. The minimum Gasteiger partial charge on any atom is -0.380 e. The molecule has 2 aliphatic rings. The summed E-state index contributed by atoms with van der Waals surface area (Å²) in [5.74, 6) is 2.60. The van der Waals surface area contributed by atoms with Gasteiger partial charge in [-0.1, -0.05) is 12.8 Å². The van der Waals surface area contributed by atoms with Crippen LogP contribution in [0.3, 0.4) is 0 Å². The van der Waals surface area contributed by atoms with Crippen molar-refractivity contribution in [3.63, 3.8) is 0 Å². The van der Waals surface area contributed by atoms with Crippen LogP contribution in [0, 0.1) is 0 Å². The van der Waals surface area contributed by atoms with Gasteiger partial charge in [0.05, 0.1) is 6.10 Å². The van der Waals surface area contributed by atoms with E-state index in [9.17, 15) is 0 Å². The first-order chi connectivity index (χ1) is 6.40. The molecular formula is C10H19NOS. The van der Waals surface area contributed by atoms with E-state index in [1.54, 1.807) is 0 Å². The van der Waals surface area contributed by atoms with Crippen molar-refractivity contribution in [3.8, 4) is 0 Å². The number of rotatable bonds is 3. The average molecular weight is 201 g/mol. The number of methoxy groups -OCH3 is 1. The van der Waals surface area contributed by atoms with E-state index in [0.717, 1.165) is 6.04 Å². The van der Waals surface area contributed by atoms with Crippen molar-refractivity contribution in [1.29, 1.82) is 0 Å². The zero-order valence-electron chi connectivity index (χ0n) is 8.29. The molecule has 0 aromatic heterocycles. The van der Waals surface area contributed by atoms with Crippen LogP contribution in [0.4, 0.5) is 0 Å². The van der Waals surface area contributed by atoms with Crippen molar-refractivity contribution in [3.05, 3.63) is 0 Å². The second-order valence-corrected chi connectivity index (χ2v) is 5.14. The maximum absolute atomic E-state index is 5.50. The highest BCUT2D eigenvalue weighted by Gasteiger charge is 2.28. The fourth-order valence-electron chi connectivity index (χ4n) is 2.20. The van der Waals surface area contributed by atoms with Crippen molar-refractivity contribution >= 4 is 11.8 Å². The van der Waals surface area contributed by atoms with Crippen LogP contribution >= 0.6 is 11.8 Å². The highest BCUT2D eigenvalue weighted by Crippen LogP contribution is 2.24. The number of hydrogen-bond acceptors (Lipinski definition) is 3. The quantitative estimate of drug-likeness (QED) is 0.750. The van der Waals surface area contributed by atoms with Gasteiger partial charge in [-0.25, -0.2) is 0 Å². The van der Waals surface area contributed by atoms with Gasteiger partial charge in [0.25, 0.3) is 0 Å². The number of nitrogens with one attached hydrogen (secondary N) is 1. The van der Waals surface area contributed by atoms with Gasteiger partial charge in [-0.05, 0) is 12.8 Å². The molecule has 1 heterocycles. The molecule has 1 saturated heterocycles. The molecule has 2 fully saturated rings. The van der Waals surface area contributed by atoms with E-state index in [4.69, 9.17) is 4.74 Å². The molecule has 13 heavy (non-hydrogen) atoms. The molecule has 2 atom stereocenters. The van der Waals surface area contributed by atoms with Gasteiger partial charge < -0.3 is 10.1 Å². The van der Waals surface area contributed by atoms with Gasteiger partial charge >= 0.3 is 0 Å². The fraction of sp³-hybridized carbons (Fsp3) is 1.00. The zero-order chi connectivity index (χ0) is 9.10. The van der Waals surface area contributed by atoms with Gasteiger partial charge in [0.2, 0.25) is 0 Å². The molecule has 1 aliphatic carbocycles. The third-order valence-corrected chi connectivity index (χ3v) is 4.37. The minimum atomic E-state index is 0.472. The van der Waals surface area contributed by atoms with Crippen molar-refractivity contribution in [2.45, 2.75) is 43.9 Å². The molecule has 2 nitrogen and oxygen atoms in total. The Labute approximate surface area is 84.8 Å². The smallest absolute Gasteiger partial charge is 0.0724 e. The van der Waals surface area contributed by atoms with Gasteiger partial charge in [-0.15, -0.1) is 0 Å². The molecule has 0 amide bonds. The predicted molar refractivity (Wildman–Crippen MR) is 57.3 cm³/mol. The van der Waals surface area contributed by atoms with Gasteiger partial charge in [0.15, 0.2) is 0 Å². The molecule has 3 heteroatoms. The Bertz CT molecular complexity index is 161. The lowest BCUT2D eigenvalue weighted by atomic mass is 9.92. The van der Waals surface area contributed by atoms with Gasteiger partial charge in [-0.3, -0.25) is 0 Å². The topological polar surface area (TPSA) is 21.3 Å². The largest absolute Gasteiger partial charge is 0.380 e. The molecule has 1 saturated carbocycles. The standard InChI is InChI=1S/C10H19NOS/c1-12-10-5-3-2-4-9(10)11-8-6-13-7-8/h8-11H,2-7H2,1H3/t9-,10-/m1/s1. The van der Waals surface area contributed by atoms with Crippen LogP contribution < -0.4 is 5.32 Å². The van der Waals surface area contributed by atoms with Crippen LogP contribution in [-0.2, 0) is 4.74 Å². The first-order valence-electron chi connectivity index (χ1n) is 5.26. The SMILES string of the molecule is CO[C@@H]1CCCC[C@H]1NC1CSC1. The molecule has 2 rings (SSSR count). The van der Waals surface area contributed by atoms with E-state index in [-0.39, 0.29) is 0 Å². The summed E-state index contributed by atoms with van der Waals surface area (Å²) in [6.45, 7) is 0. The third-order valence-electron chi connectivity index (χ3n) is 3.09. The van der Waals surface area contributed by atoms with Crippen LogP contribution in [0.2, 0.25) is 0 Å². The van der Waals surface area contributed by atoms with Crippen LogP contribution in [0.5, 0.6) is 0 Å². The third kappa shape index (κ3) is 2.39. The van der Waals surface area contributed by atoms with E-state index >= 15 is 0 Å². The summed E-state index contributed by atoms with van der Waals surface area (Å²) >= 11 is 2.04. The van der Waals surface area contributed by atoms with Crippen molar-refractivity contribution in [2.24, 2.45) is 0 Å². The summed E-state index contributed by atoms with van der Waals surface area (Å²) in [5, 5.41) is 3.71. The predicted octanol–water partition coefficient (Wildman–Crippen LogP) is 1.65. The monoisotopic (exact) mass is 201 g/mol. The maximum atomic E-state index is 5.50. The van der Waals surface area contributed by atoms with E-state index in [2.05, 4.69) is 5.32 Å². The van der Waals surface area contributed by atoms with Crippen molar-refractivity contribution in [2.75, 3.05) is 18.6 Å². The van der Waals surface area contributed by atoms with E-state index in [1.807, 2.05) is 18.9 Å². The Morgan fingerprint density at radius 3 is 2.62 bits per heavy atom. The lowest BCUT2D eigenvalue weighted by Gasteiger charge is -2.37. The highest BCUT2D eigenvalue weighted by atomic mass is 32.2. The van der Waals surface area contributed by atoms with Crippen LogP contribution in [0.1, 0.15) is 25.7 Å². The Morgan fingerprint density at radius 2 is 2.00 bits per heavy atom. The number of thioether (sulfide) groups is 1. The van der Waals surface area contributed by atoms with Crippen molar-refractivity contribution in [1.82, 2.24) is 5.32 Å². The summed E-state index contributed by atoms with van der Waals surface area (Å²) in [6.07, 6.45) is 5.74. The van der Waals surface area contributed by atoms with Gasteiger partial charge in [0.1, 0.15) is 0 Å². The molecule has 0 aromatic carbocycles. The van der Waals surface area contributed by atoms with Crippen LogP contribution in [-0.4, -0.2) is 36.8 Å². The van der Waals surface area contributed by atoms with E-state index in [0.29, 0.717) is 12.1 Å². The molecule has 0 bridgehead atoms. The van der Waals surface area contributed by atoms with Crippen LogP contribution in [0.15, 0.2) is 0 Å². The summed E-state index contributed by atoms with van der Waals surface area (Å²) in [7, 11) is 1.85. The van der Waals surface area contributed by atoms with E-state index in [1.165, 1.54) is 37.2 Å². The Hall–Kier alpha value is 0.270. The number of hydrogen-bond donors (Lipinski definition) is 1. The average Bonchev–Trinajstić information content (AvgIpc) is 2.12. The molecular weight excluding hydrogens is 182 g/mol. The van der Waals surface area contributed by atoms with Gasteiger partial charge in [-0.2, -0.15) is 11.8 Å². The summed E-state index contributed by atoms with van der Waals surface area (Å²) in [6, 6.07) is 1.40. The summed E-state index contributed by atoms with van der Waals surface area (Å²) in [4.78, 5) is 0. The second kappa shape index (κ2) is 4.67. The highest BCUT2D eigenvalue weighted by molar-refractivity contribution is 8.00. The van der Waals surface area contributed by atoms with Gasteiger partial charge in [0, 0.05) is 30.7 Å². The Kier molecular flexibility index (Phi) is 3.52. The van der Waals surface area contributed by atoms with Crippen LogP contribution in [0.25, 0.3) is 0 Å². The van der Waals surface area contributed by atoms with Crippen molar-refractivity contribution < 1.29 is 4.74 Å². The molecule has 0 aromatic rings. The maximum Gasteiger partial charge on any atom is 0.0724 e. The lowest BCUT2D eigenvalue weighted by molar-refractivity contribution is 0.0391. The summed E-state index contributed by atoms with van der Waals surface area (Å²) < 4.78 is 5.50. The zero-order valence-corrected chi connectivity index (χ0v) is 9.11. The Balaban J connectivity index is 1.79. The normalized spacial score (nSPS) is 35.8. The first kappa shape index (κ1) is 9.81. The number of ether oxygens (including phenoxy) is 1. The second-order valence-electron chi connectivity index (χ2n) is 4.07.